The molecule has 0 aromatic carbocycles. The summed E-state index contributed by atoms with van der Waals surface area (Å²) in [6.45, 7) is 1.86. The maximum atomic E-state index is 12.4. The number of amides is 2. The number of aliphatic carboxylic acids is 1. The molecule has 6 nitrogen and oxygen atoms in total. The number of hydrogen-bond donors (Lipinski definition) is 2. The summed E-state index contributed by atoms with van der Waals surface area (Å²) in [5, 5.41) is 18.5. The monoisotopic (exact) mass is 286 g/mol. The van der Waals surface area contributed by atoms with Crippen LogP contribution in [-0.2, 0) is 4.79 Å². The van der Waals surface area contributed by atoms with E-state index in [9.17, 15) is 14.7 Å². The fourth-order valence-electron chi connectivity index (χ4n) is 3.06. The van der Waals surface area contributed by atoms with Gasteiger partial charge in [0.1, 0.15) is 0 Å². The predicted molar refractivity (Wildman–Crippen MR) is 75.5 cm³/mol. The number of nitrogens with zero attached hydrogens (tertiary/aromatic N) is 2. The molecule has 0 bridgehead atoms. The Hall–Kier alpha value is -1.30. The molecule has 6 heteroatoms. The third-order valence-corrected chi connectivity index (χ3v) is 4.13. The largest absolute Gasteiger partial charge is 0.481 e. The zero-order chi connectivity index (χ0) is 15.3. The smallest absolute Gasteiger partial charge is 0.320 e. The molecular weight excluding hydrogens is 260 g/mol. The quantitative estimate of drug-likeness (QED) is 0.803. The number of carbonyl (C=O) groups is 2. The van der Waals surface area contributed by atoms with Crippen molar-refractivity contribution in [1.29, 1.82) is 0 Å². The van der Waals surface area contributed by atoms with Crippen LogP contribution in [-0.4, -0.2) is 64.3 Å². The third-order valence-electron chi connectivity index (χ3n) is 4.13. The highest BCUT2D eigenvalue weighted by Gasteiger charge is 2.41. The van der Waals surface area contributed by atoms with E-state index in [4.69, 9.17) is 5.11 Å². The SMILES string of the molecule is CC(O)CN(C)C(=O)N(C)C1(CC(=O)O)CCCCC1. The van der Waals surface area contributed by atoms with Crippen molar-refractivity contribution in [3.63, 3.8) is 0 Å². The maximum absolute atomic E-state index is 12.4. The van der Waals surface area contributed by atoms with E-state index in [-0.39, 0.29) is 19.0 Å². The van der Waals surface area contributed by atoms with Crippen molar-refractivity contribution in [3.05, 3.63) is 0 Å². The highest BCUT2D eigenvalue weighted by Crippen LogP contribution is 2.36. The summed E-state index contributed by atoms with van der Waals surface area (Å²) in [6.07, 6.45) is 3.83. The molecule has 0 saturated heterocycles. The van der Waals surface area contributed by atoms with Gasteiger partial charge in [-0.1, -0.05) is 19.3 Å². The molecule has 1 aliphatic rings. The van der Waals surface area contributed by atoms with E-state index in [1.165, 1.54) is 4.90 Å². The Morgan fingerprint density at radius 3 is 2.20 bits per heavy atom. The maximum Gasteiger partial charge on any atom is 0.320 e. The van der Waals surface area contributed by atoms with Gasteiger partial charge in [-0.15, -0.1) is 0 Å². The molecule has 0 aromatic heterocycles. The van der Waals surface area contributed by atoms with Crippen molar-refractivity contribution < 1.29 is 19.8 Å². The normalized spacial score (nSPS) is 19.2. The van der Waals surface area contributed by atoms with Crippen LogP contribution in [0.4, 0.5) is 4.79 Å². The molecule has 0 radical (unpaired) electrons. The number of aliphatic hydroxyl groups excluding tert-OH is 1. The lowest BCUT2D eigenvalue weighted by atomic mass is 9.78. The number of hydrogen-bond acceptors (Lipinski definition) is 3. The third kappa shape index (κ3) is 4.10. The summed E-state index contributed by atoms with van der Waals surface area (Å²) < 4.78 is 0. The molecule has 1 unspecified atom stereocenters. The van der Waals surface area contributed by atoms with Crippen molar-refractivity contribution in [2.24, 2.45) is 0 Å². The van der Waals surface area contributed by atoms with Gasteiger partial charge in [0, 0.05) is 20.6 Å². The highest BCUT2D eigenvalue weighted by atomic mass is 16.4. The molecule has 0 aliphatic heterocycles. The Bertz CT molecular complexity index is 351. The van der Waals surface area contributed by atoms with Gasteiger partial charge in [-0.3, -0.25) is 4.79 Å². The van der Waals surface area contributed by atoms with E-state index >= 15 is 0 Å². The highest BCUT2D eigenvalue weighted by molar-refractivity contribution is 5.76. The molecule has 1 atom stereocenters. The van der Waals surface area contributed by atoms with Crippen LogP contribution in [0.15, 0.2) is 0 Å². The first-order valence-corrected chi connectivity index (χ1v) is 7.17. The Balaban J connectivity index is 2.84. The van der Waals surface area contributed by atoms with Gasteiger partial charge in [0.15, 0.2) is 0 Å². The van der Waals surface area contributed by atoms with E-state index < -0.39 is 17.6 Å². The summed E-state index contributed by atoms with van der Waals surface area (Å²) in [5.41, 5.74) is -0.589. The second-order valence-electron chi connectivity index (χ2n) is 5.93. The molecule has 116 valence electrons. The first kappa shape index (κ1) is 16.8. The molecule has 0 spiro atoms. The predicted octanol–water partition coefficient (Wildman–Crippen LogP) is 1.53. The summed E-state index contributed by atoms with van der Waals surface area (Å²) in [7, 11) is 3.30. The molecule has 1 aliphatic carbocycles. The zero-order valence-electron chi connectivity index (χ0n) is 12.6. The fraction of sp³-hybridized carbons (Fsp3) is 0.857. The summed E-state index contributed by atoms with van der Waals surface area (Å²) in [6, 6.07) is -0.228. The van der Waals surface area contributed by atoms with Gasteiger partial charge in [-0.2, -0.15) is 0 Å². The molecule has 1 rings (SSSR count). The van der Waals surface area contributed by atoms with Crippen LogP contribution < -0.4 is 0 Å². The van der Waals surface area contributed by atoms with Crippen LogP contribution in [0, 0.1) is 0 Å². The first-order valence-electron chi connectivity index (χ1n) is 7.17. The molecule has 20 heavy (non-hydrogen) atoms. The number of rotatable bonds is 5. The van der Waals surface area contributed by atoms with E-state index in [2.05, 4.69) is 0 Å². The Morgan fingerprint density at radius 2 is 1.75 bits per heavy atom. The van der Waals surface area contributed by atoms with E-state index in [1.807, 2.05) is 0 Å². The van der Waals surface area contributed by atoms with Crippen molar-refractivity contribution >= 4 is 12.0 Å². The van der Waals surface area contributed by atoms with Crippen LogP contribution in [0.1, 0.15) is 45.4 Å². The standard InChI is InChI=1S/C14H26N2O4/c1-11(17)10-15(2)13(20)16(3)14(9-12(18)19)7-5-4-6-8-14/h11,17H,4-10H2,1-3H3,(H,18,19). The van der Waals surface area contributed by atoms with Gasteiger partial charge >= 0.3 is 12.0 Å². The topological polar surface area (TPSA) is 81.1 Å². The van der Waals surface area contributed by atoms with Crippen molar-refractivity contribution in [3.8, 4) is 0 Å². The van der Waals surface area contributed by atoms with Gasteiger partial charge in [0.2, 0.25) is 0 Å². The van der Waals surface area contributed by atoms with E-state index in [0.717, 1.165) is 32.1 Å². The lowest BCUT2D eigenvalue weighted by Gasteiger charge is -2.45. The van der Waals surface area contributed by atoms with Crippen molar-refractivity contribution in [1.82, 2.24) is 9.80 Å². The number of aliphatic hydroxyl groups is 1. The molecule has 1 saturated carbocycles. The van der Waals surface area contributed by atoms with Crippen LogP contribution in [0.3, 0.4) is 0 Å². The Morgan fingerprint density at radius 1 is 1.20 bits per heavy atom. The summed E-state index contributed by atoms with van der Waals surface area (Å²) in [4.78, 5) is 26.6. The minimum absolute atomic E-state index is 0.0161. The Kier molecular flexibility index (Phi) is 5.80. The second-order valence-corrected chi connectivity index (χ2v) is 5.93. The number of urea groups is 1. The molecular formula is C14H26N2O4. The lowest BCUT2D eigenvalue weighted by Crippen LogP contribution is -2.56. The minimum atomic E-state index is -0.871. The molecule has 2 amide bonds. The van der Waals surface area contributed by atoms with Gasteiger partial charge in [-0.05, 0) is 19.8 Å². The Labute approximate surface area is 120 Å². The van der Waals surface area contributed by atoms with Crippen molar-refractivity contribution in [2.75, 3.05) is 20.6 Å². The van der Waals surface area contributed by atoms with Gasteiger partial charge in [-0.25, -0.2) is 4.79 Å². The molecule has 1 fully saturated rings. The molecule has 0 aromatic rings. The number of carboxylic acids is 1. The summed E-state index contributed by atoms with van der Waals surface area (Å²) in [5.74, 6) is -0.871. The van der Waals surface area contributed by atoms with Gasteiger partial charge in [0.05, 0.1) is 18.1 Å². The molecule has 0 heterocycles. The first-order chi connectivity index (χ1) is 9.28. The number of likely N-dealkylation sites (N-methyl/N-ethyl adjacent to an activating group) is 1. The van der Waals surface area contributed by atoms with E-state index in [1.54, 1.807) is 25.9 Å². The average Bonchev–Trinajstić information content (AvgIpc) is 2.36. The van der Waals surface area contributed by atoms with Gasteiger partial charge in [0.25, 0.3) is 0 Å². The fourth-order valence-corrected chi connectivity index (χ4v) is 3.06. The average molecular weight is 286 g/mol. The zero-order valence-corrected chi connectivity index (χ0v) is 12.6. The van der Waals surface area contributed by atoms with Crippen molar-refractivity contribution in [2.45, 2.75) is 57.1 Å². The number of carbonyl (C=O) groups excluding carboxylic acids is 1. The second kappa shape index (κ2) is 6.92. The minimum Gasteiger partial charge on any atom is -0.481 e. The van der Waals surface area contributed by atoms with Crippen LogP contribution in [0.5, 0.6) is 0 Å². The van der Waals surface area contributed by atoms with E-state index in [0.29, 0.717) is 0 Å². The molecule has 2 N–H and O–H groups in total. The van der Waals surface area contributed by atoms with Crippen LogP contribution in [0.2, 0.25) is 0 Å². The lowest BCUT2D eigenvalue weighted by molar-refractivity contribution is -0.140. The summed E-state index contributed by atoms with van der Waals surface area (Å²) >= 11 is 0. The van der Waals surface area contributed by atoms with Crippen LogP contribution >= 0.6 is 0 Å². The number of carboxylic acid groups (broad SMARTS) is 1. The van der Waals surface area contributed by atoms with Gasteiger partial charge < -0.3 is 20.0 Å². The van der Waals surface area contributed by atoms with Crippen LogP contribution in [0.25, 0.3) is 0 Å².